The van der Waals surface area contributed by atoms with Crippen molar-refractivity contribution in [2.24, 2.45) is 0 Å². The van der Waals surface area contributed by atoms with Crippen LogP contribution in [-0.4, -0.2) is 15.0 Å². The second-order valence-electron chi connectivity index (χ2n) is 14.6. The van der Waals surface area contributed by atoms with Gasteiger partial charge in [-0.1, -0.05) is 127 Å². The highest BCUT2D eigenvalue weighted by atomic mass is 32.1. The maximum Gasteiger partial charge on any atom is 0.164 e. The molecule has 4 nitrogen and oxygen atoms in total. The lowest BCUT2D eigenvalue weighted by molar-refractivity contribution is 0.672. The van der Waals surface area contributed by atoms with E-state index < -0.39 is 0 Å². The van der Waals surface area contributed by atoms with E-state index in [1.807, 2.05) is 34.8 Å². The van der Waals surface area contributed by atoms with Crippen LogP contribution in [0, 0.1) is 0 Å². The van der Waals surface area contributed by atoms with Gasteiger partial charge in [-0.25, -0.2) is 15.0 Å². The fourth-order valence-electron chi connectivity index (χ4n) is 8.95. The summed E-state index contributed by atoms with van der Waals surface area (Å²) in [6.45, 7) is 0. The number of hydrogen-bond acceptors (Lipinski definition) is 6. The SMILES string of the molecule is c1ccc2c(c1)ccc1c2oc2cccc(-c3nc(-c4cc5ccccc5c5sc6ccccc6c45)nc(-c4cc5ccccc5c5sc6ccccc6c45)n3)c21. The predicted octanol–water partition coefficient (Wildman–Crippen LogP) is 15.0. The van der Waals surface area contributed by atoms with Gasteiger partial charge in [0.2, 0.25) is 0 Å². The van der Waals surface area contributed by atoms with Crippen molar-refractivity contribution >= 4 is 117 Å². The van der Waals surface area contributed by atoms with Crippen LogP contribution >= 0.6 is 22.7 Å². The van der Waals surface area contributed by atoms with Crippen LogP contribution in [0.1, 0.15) is 0 Å². The molecule has 4 heterocycles. The van der Waals surface area contributed by atoms with E-state index in [1.54, 1.807) is 0 Å². The highest BCUT2D eigenvalue weighted by molar-refractivity contribution is 7.27. The van der Waals surface area contributed by atoms with Gasteiger partial charge < -0.3 is 4.42 Å². The van der Waals surface area contributed by atoms with Gasteiger partial charge in [0.05, 0.1) is 0 Å². The fourth-order valence-corrected chi connectivity index (χ4v) is 11.5. The molecule has 0 N–H and O–H groups in total. The maximum absolute atomic E-state index is 6.68. The van der Waals surface area contributed by atoms with Crippen LogP contribution in [0.3, 0.4) is 0 Å². The topological polar surface area (TPSA) is 51.8 Å². The van der Waals surface area contributed by atoms with Crippen molar-refractivity contribution in [2.45, 2.75) is 0 Å². The standard InChI is InChI=1S/C51H27N3OS2/c1-4-15-31-28(12-1)24-25-36-43-37(20-11-21-40(43)55-46(31)36)49-52-50(38-26-29-13-2-5-16-32(29)47-44(38)34-18-7-9-22-41(34)56-47)54-51(53-49)39-27-30-14-3-6-17-33(30)48-45(39)35-19-8-10-23-42(35)57-48/h1-27H. The molecule has 0 aliphatic carbocycles. The van der Waals surface area contributed by atoms with E-state index in [-0.39, 0.29) is 0 Å². The fraction of sp³-hybridized carbons (Fsp3) is 0. The number of aromatic nitrogens is 3. The van der Waals surface area contributed by atoms with Crippen molar-refractivity contribution in [2.75, 3.05) is 0 Å². The Morgan fingerprint density at radius 3 is 1.44 bits per heavy atom. The van der Waals surface area contributed by atoms with Gasteiger partial charge in [0.15, 0.2) is 17.5 Å². The molecule has 57 heavy (non-hydrogen) atoms. The van der Waals surface area contributed by atoms with Crippen molar-refractivity contribution in [1.29, 1.82) is 0 Å². The Hall–Kier alpha value is -6.99. The molecule has 0 fully saturated rings. The van der Waals surface area contributed by atoms with Gasteiger partial charge in [-0.05, 0) is 63.3 Å². The predicted molar refractivity (Wildman–Crippen MR) is 242 cm³/mol. The Labute approximate surface area is 332 Å². The zero-order chi connectivity index (χ0) is 37.2. The molecule has 0 amide bonds. The van der Waals surface area contributed by atoms with Crippen LogP contribution in [0.25, 0.3) is 129 Å². The van der Waals surface area contributed by atoms with E-state index in [2.05, 4.69) is 152 Å². The van der Waals surface area contributed by atoms with E-state index in [0.29, 0.717) is 17.5 Å². The first kappa shape index (κ1) is 31.2. The zero-order valence-electron chi connectivity index (χ0n) is 30.2. The lowest BCUT2D eigenvalue weighted by Crippen LogP contribution is -2.01. The minimum Gasteiger partial charge on any atom is -0.455 e. The third-order valence-electron chi connectivity index (χ3n) is 11.5. The van der Waals surface area contributed by atoms with Crippen LogP contribution in [-0.2, 0) is 0 Å². The molecular weight excluding hydrogens is 735 g/mol. The van der Waals surface area contributed by atoms with Crippen LogP contribution in [0.15, 0.2) is 168 Å². The van der Waals surface area contributed by atoms with Crippen molar-refractivity contribution in [1.82, 2.24) is 15.0 Å². The molecular formula is C51H27N3OS2. The zero-order valence-corrected chi connectivity index (χ0v) is 31.8. The molecule has 0 saturated carbocycles. The monoisotopic (exact) mass is 761 g/mol. The van der Waals surface area contributed by atoms with Gasteiger partial charge in [-0.15, -0.1) is 22.7 Å². The summed E-state index contributed by atoms with van der Waals surface area (Å²) in [5.74, 6) is 1.90. The number of nitrogens with zero attached hydrogens (tertiary/aromatic N) is 3. The number of fused-ring (bicyclic) bond motifs is 15. The first-order valence-electron chi connectivity index (χ1n) is 19.0. The van der Waals surface area contributed by atoms with Crippen LogP contribution < -0.4 is 0 Å². The van der Waals surface area contributed by atoms with E-state index in [0.717, 1.165) is 60.2 Å². The third kappa shape index (κ3) is 4.51. The summed E-state index contributed by atoms with van der Waals surface area (Å²) in [6, 6.07) is 58.2. The smallest absolute Gasteiger partial charge is 0.164 e. The summed E-state index contributed by atoms with van der Waals surface area (Å²) in [4.78, 5) is 16.5. The van der Waals surface area contributed by atoms with Crippen LogP contribution in [0.2, 0.25) is 0 Å². The first-order valence-corrected chi connectivity index (χ1v) is 20.6. The summed E-state index contributed by atoms with van der Waals surface area (Å²) in [5, 5.41) is 13.8. The van der Waals surface area contributed by atoms with E-state index in [9.17, 15) is 0 Å². The Kier molecular flexibility index (Phi) is 6.45. The van der Waals surface area contributed by atoms with Gasteiger partial charge in [0, 0.05) is 73.2 Å². The summed E-state index contributed by atoms with van der Waals surface area (Å²) < 4.78 is 11.6. The minimum atomic E-state index is 0.609. The number of furan rings is 1. The summed E-state index contributed by atoms with van der Waals surface area (Å²) in [5.41, 5.74) is 4.57. The summed E-state index contributed by atoms with van der Waals surface area (Å²) >= 11 is 3.66. The van der Waals surface area contributed by atoms with E-state index >= 15 is 0 Å². The molecule has 0 atom stereocenters. The number of rotatable bonds is 3. The molecule has 0 bridgehead atoms. The van der Waals surface area contributed by atoms with Crippen molar-refractivity contribution < 1.29 is 4.42 Å². The minimum absolute atomic E-state index is 0.609. The number of benzene rings is 9. The van der Waals surface area contributed by atoms with E-state index in [1.165, 1.54) is 51.1 Å². The molecule has 9 aromatic carbocycles. The van der Waals surface area contributed by atoms with Gasteiger partial charge in [-0.3, -0.25) is 0 Å². The van der Waals surface area contributed by atoms with Crippen LogP contribution in [0.5, 0.6) is 0 Å². The van der Waals surface area contributed by atoms with E-state index in [4.69, 9.17) is 19.4 Å². The lowest BCUT2D eigenvalue weighted by atomic mass is 9.98. The number of thiophene rings is 2. The maximum atomic E-state index is 6.68. The average molecular weight is 762 g/mol. The Bertz CT molecular complexity index is 3660. The van der Waals surface area contributed by atoms with Crippen LogP contribution in [0.4, 0.5) is 0 Å². The second-order valence-corrected chi connectivity index (χ2v) is 16.8. The average Bonchev–Trinajstić information content (AvgIpc) is 3.98. The molecule has 13 aromatic rings. The molecule has 0 spiro atoms. The van der Waals surface area contributed by atoms with Crippen molar-refractivity contribution in [3.8, 4) is 34.2 Å². The quantitative estimate of drug-likeness (QED) is 0.180. The Morgan fingerprint density at radius 1 is 0.351 bits per heavy atom. The molecule has 6 heteroatoms. The van der Waals surface area contributed by atoms with Gasteiger partial charge in [-0.2, -0.15) is 0 Å². The van der Waals surface area contributed by atoms with Gasteiger partial charge >= 0.3 is 0 Å². The molecule has 4 aromatic heterocycles. The molecule has 13 rings (SSSR count). The Balaban J connectivity index is 1.19. The molecule has 0 aliphatic heterocycles. The Morgan fingerprint density at radius 2 is 0.842 bits per heavy atom. The molecule has 0 unspecified atom stereocenters. The van der Waals surface area contributed by atoms with Gasteiger partial charge in [0.25, 0.3) is 0 Å². The van der Waals surface area contributed by atoms with Crippen molar-refractivity contribution in [3.63, 3.8) is 0 Å². The normalized spacial score (nSPS) is 12.2. The second kappa shape index (κ2) is 11.8. The highest BCUT2D eigenvalue weighted by Gasteiger charge is 2.24. The number of hydrogen-bond donors (Lipinski definition) is 0. The lowest BCUT2D eigenvalue weighted by Gasteiger charge is -2.13. The molecule has 264 valence electrons. The first-order chi connectivity index (χ1) is 28.2. The highest BCUT2D eigenvalue weighted by Crippen LogP contribution is 2.47. The summed E-state index contributed by atoms with van der Waals surface area (Å²) in [7, 11) is 0. The largest absolute Gasteiger partial charge is 0.455 e. The third-order valence-corrected chi connectivity index (χ3v) is 13.9. The summed E-state index contributed by atoms with van der Waals surface area (Å²) in [6.07, 6.45) is 0. The molecule has 0 saturated heterocycles. The molecule has 0 radical (unpaired) electrons. The van der Waals surface area contributed by atoms with Crippen molar-refractivity contribution in [3.05, 3.63) is 164 Å². The van der Waals surface area contributed by atoms with Gasteiger partial charge in [0.1, 0.15) is 11.2 Å². The molecule has 0 aliphatic rings.